The first kappa shape index (κ1) is 16.5. The normalized spacial score (nSPS) is 21.2. The van der Waals surface area contributed by atoms with Crippen molar-refractivity contribution in [1.82, 2.24) is 10.2 Å². The van der Waals surface area contributed by atoms with Crippen LogP contribution in [0.5, 0.6) is 0 Å². The Balaban J connectivity index is 1.86. The topological polar surface area (TPSA) is 24.5 Å². The first-order valence-electron chi connectivity index (χ1n) is 8.09. The predicted octanol–water partition coefficient (Wildman–Crippen LogP) is 3.19. The summed E-state index contributed by atoms with van der Waals surface area (Å²) in [6.45, 7) is 13.8. The fourth-order valence-electron chi connectivity index (χ4n) is 2.61. The Kier molecular flexibility index (Phi) is 5.80. The minimum Gasteiger partial charge on any atom is -0.377 e. The molecule has 0 aromatic heterocycles. The van der Waals surface area contributed by atoms with Crippen molar-refractivity contribution in [2.75, 3.05) is 19.7 Å². The maximum atomic E-state index is 5.70. The van der Waals surface area contributed by atoms with Gasteiger partial charge in [-0.15, -0.1) is 0 Å². The molecule has 1 fully saturated rings. The lowest BCUT2D eigenvalue weighted by Crippen LogP contribution is -2.35. The molecule has 2 rings (SSSR count). The minimum atomic E-state index is 0.168. The van der Waals surface area contributed by atoms with Crippen molar-refractivity contribution >= 4 is 0 Å². The Hall–Kier alpha value is -0.900. The highest BCUT2D eigenvalue weighted by Gasteiger charge is 2.15. The second-order valence-corrected chi connectivity index (χ2v) is 7.19. The fraction of sp³-hybridized carbons (Fsp3) is 0.667. The van der Waals surface area contributed by atoms with Crippen LogP contribution in [0.15, 0.2) is 24.3 Å². The molecular formula is C18H30N2O. The van der Waals surface area contributed by atoms with Crippen molar-refractivity contribution in [3.63, 3.8) is 0 Å². The molecule has 0 amide bonds. The molecule has 0 saturated carbocycles. The molecule has 0 spiro atoms. The number of rotatable bonds is 4. The largest absolute Gasteiger partial charge is 0.377 e. The van der Waals surface area contributed by atoms with Crippen molar-refractivity contribution < 1.29 is 4.74 Å². The highest BCUT2D eigenvalue weighted by atomic mass is 16.5. The second-order valence-electron chi connectivity index (χ2n) is 7.19. The van der Waals surface area contributed by atoms with Crippen LogP contribution in [0.2, 0.25) is 0 Å². The number of ether oxygens (including phenoxy) is 1. The van der Waals surface area contributed by atoms with E-state index in [2.05, 4.69) is 62.2 Å². The Morgan fingerprint density at radius 1 is 1.19 bits per heavy atom. The molecule has 1 unspecified atom stereocenters. The molecule has 3 nitrogen and oxygen atoms in total. The van der Waals surface area contributed by atoms with E-state index < -0.39 is 0 Å². The SMILES string of the molecule is CC1CN(Cc2ccc(CNC(C)(C)C)cc2)CCCO1. The fourth-order valence-corrected chi connectivity index (χ4v) is 2.61. The first-order chi connectivity index (χ1) is 9.92. The average Bonchev–Trinajstić information content (AvgIpc) is 2.61. The summed E-state index contributed by atoms with van der Waals surface area (Å²) >= 11 is 0. The van der Waals surface area contributed by atoms with Crippen LogP contribution < -0.4 is 5.32 Å². The number of hydrogen-bond acceptors (Lipinski definition) is 3. The molecule has 1 N–H and O–H groups in total. The van der Waals surface area contributed by atoms with Crippen LogP contribution in [-0.2, 0) is 17.8 Å². The van der Waals surface area contributed by atoms with Gasteiger partial charge in [0.25, 0.3) is 0 Å². The quantitative estimate of drug-likeness (QED) is 0.921. The number of nitrogens with one attached hydrogen (secondary N) is 1. The highest BCUT2D eigenvalue weighted by molar-refractivity contribution is 5.22. The van der Waals surface area contributed by atoms with Crippen molar-refractivity contribution in [2.45, 2.75) is 58.8 Å². The van der Waals surface area contributed by atoms with Crippen molar-refractivity contribution in [3.05, 3.63) is 35.4 Å². The van der Waals surface area contributed by atoms with E-state index >= 15 is 0 Å². The third kappa shape index (κ3) is 6.16. The lowest BCUT2D eigenvalue weighted by atomic mass is 10.1. The molecule has 118 valence electrons. The van der Waals surface area contributed by atoms with Gasteiger partial charge < -0.3 is 10.1 Å². The van der Waals surface area contributed by atoms with Gasteiger partial charge in [0.15, 0.2) is 0 Å². The van der Waals surface area contributed by atoms with Gasteiger partial charge in [-0.25, -0.2) is 0 Å². The van der Waals surface area contributed by atoms with Gasteiger partial charge in [-0.05, 0) is 45.2 Å². The zero-order chi connectivity index (χ0) is 15.3. The van der Waals surface area contributed by atoms with E-state index in [1.165, 1.54) is 11.1 Å². The Morgan fingerprint density at radius 3 is 2.52 bits per heavy atom. The first-order valence-corrected chi connectivity index (χ1v) is 8.09. The van der Waals surface area contributed by atoms with E-state index in [9.17, 15) is 0 Å². The van der Waals surface area contributed by atoms with Crippen LogP contribution in [-0.4, -0.2) is 36.2 Å². The summed E-state index contributed by atoms with van der Waals surface area (Å²) in [6.07, 6.45) is 1.49. The molecule has 1 aromatic carbocycles. The zero-order valence-electron chi connectivity index (χ0n) is 14.0. The molecule has 0 aliphatic carbocycles. The van der Waals surface area contributed by atoms with E-state index in [1.807, 2.05) is 0 Å². The van der Waals surface area contributed by atoms with Crippen LogP contribution in [0.25, 0.3) is 0 Å². The molecule has 21 heavy (non-hydrogen) atoms. The molecule has 1 heterocycles. The van der Waals surface area contributed by atoms with Gasteiger partial charge in [0.05, 0.1) is 6.10 Å². The zero-order valence-corrected chi connectivity index (χ0v) is 14.0. The van der Waals surface area contributed by atoms with Gasteiger partial charge >= 0.3 is 0 Å². The maximum absolute atomic E-state index is 5.70. The Morgan fingerprint density at radius 2 is 1.86 bits per heavy atom. The van der Waals surface area contributed by atoms with Gasteiger partial charge in [0.1, 0.15) is 0 Å². The molecule has 1 saturated heterocycles. The molecule has 1 aliphatic heterocycles. The van der Waals surface area contributed by atoms with Gasteiger partial charge in [-0.1, -0.05) is 24.3 Å². The van der Waals surface area contributed by atoms with E-state index in [0.29, 0.717) is 6.10 Å². The predicted molar refractivity (Wildman–Crippen MR) is 88.3 cm³/mol. The average molecular weight is 290 g/mol. The summed E-state index contributed by atoms with van der Waals surface area (Å²) in [6, 6.07) is 9.00. The summed E-state index contributed by atoms with van der Waals surface area (Å²) in [7, 11) is 0. The van der Waals surface area contributed by atoms with Gasteiger partial charge in [0.2, 0.25) is 0 Å². The summed E-state index contributed by atoms with van der Waals surface area (Å²) in [5.41, 5.74) is 2.91. The van der Waals surface area contributed by atoms with Gasteiger partial charge in [-0.2, -0.15) is 0 Å². The van der Waals surface area contributed by atoms with E-state index in [4.69, 9.17) is 4.74 Å². The second kappa shape index (κ2) is 7.39. The maximum Gasteiger partial charge on any atom is 0.0674 e. The van der Waals surface area contributed by atoms with Crippen molar-refractivity contribution in [2.24, 2.45) is 0 Å². The molecule has 1 aromatic rings. The number of benzene rings is 1. The van der Waals surface area contributed by atoms with E-state index in [1.54, 1.807) is 0 Å². The Bertz CT molecular complexity index is 422. The van der Waals surface area contributed by atoms with Crippen LogP contribution in [0.1, 0.15) is 45.2 Å². The third-order valence-electron chi connectivity index (χ3n) is 3.79. The third-order valence-corrected chi connectivity index (χ3v) is 3.79. The van der Waals surface area contributed by atoms with Crippen molar-refractivity contribution in [1.29, 1.82) is 0 Å². The molecular weight excluding hydrogens is 260 g/mol. The van der Waals surface area contributed by atoms with E-state index in [0.717, 1.165) is 39.2 Å². The summed E-state index contributed by atoms with van der Waals surface area (Å²) < 4.78 is 5.70. The molecule has 1 atom stereocenters. The standard InChI is InChI=1S/C18H30N2O/c1-15-13-20(10-5-11-21-15)14-17-8-6-16(7-9-17)12-19-18(2,3)4/h6-9,15,19H,5,10-14H2,1-4H3. The van der Waals surface area contributed by atoms with Crippen LogP contribution >= 0.6 is 0 Å². The molecule has 0 bridgehead atoms. The van der Waals surface area contributed by atoms with Gasteiger partial charge in [-0.3, -0.25) is 4.90 Å². The van der Waals surface area contributed by atoms with Crippen LogP contribution in [0, 0.1) is 0 Å². The van der Waals surface area contributed by atoms with Crippen LogP contribution in [0.3, 0.4) is 0 Å². The van der Waals surface area contributed by atoms with Gasteiger partial charge in [0, 0.05) is 38.3 Å². The molecule has 1 aliphatic rings. The summed E-state index contributed by atoms with van der Waals surface area (Å²) in [4.78, 5) is 2.50. The molecule has 3 heteroatoms. The lowest BCUT2D eigenvalue weighted by molar-refractivity contribution is 0.0668. The Labute approximate surface area is 129 Å². The summed E-state index contributed by atoms with van der Waals surface area (Å²) in [5, 5.41) is 3.53. The van der Waals surface area contributed by atoms with Crippen molar-refractivity contribution in [3.8, 4) is 0 Å². The molecule has 0 radical (unpaired) electrons. The van der Waals surface area contributed by atoms with Crippen LogP contribution in [0.4, 0.5) is 0 Å². The number of nitrogens with zero attached hydrogens (tertiary/aromatic N) is 1. The number of hydrogen-bond donors (Lipinski definition) is 1. The highest BCUT2D eigenvalue weighted by Crippen LogP contribution is 2.12. The lowest BCUT2D eigenvalue weighted by Gasteiger charge is -2.22. The summed E-state index contributed by atoms with van der Waals surface area (Å²) in [5.74, 6) is 0. The monoisotopic (exact) mass is 290 g/mol. The minimum absolute atomic E-state index is 0.168. The van der Waals surface area contributed by atoms with E-state index in [-0.39, 0.29) is 5.54 Å². The smallest absolute Gasteiger partial charge is 0.0674 e.